The first kappa shape index (κ1) is 17.4. The fourth-order valence-electron chi connectivity index (χ4n) is 3.18. The predicted molar refractivity (Wildman–Crippen MR) is 101 cm³/mol. The number of nitrogens with zero attached hydrogens (tertiary/aromatic N) is 3. The lowest BCUT2D eigenvalue weighted by Gasteiger charge is -2.31. The van der Waals surface area contributed by atoms with Crippen molar-refractivity contribution in [3.8, 4) is 5.88 Å². The molecule has 6 nitrogen and oxygen atoms in total. The van der Waals surface area contributed by atoms with Gasteiger partial charge in [-0.15, -0.1) is 11.3 Å². The molecule has 4 rings (SSSR count). The van der Waals surface area contributed by atoms with E-state index < -0.39 is 10.0 Å². The lowest BCUT2D eigenvalue weighted by atomic mass is 10.1. The van der Waals surface area contributed by atoms with Crippen LogP contribution in [0.5, 0.6) is 5.88 Å². The van der Waals surface area contributed by atoms with Crippen molar-refractivity contribution >= 4 is 31.6 Å². The molecule has 1 saturated heterocycles. The van der Waals surface area contributed by atoms with Gasteiger partial charge in [-0.05, 0) is 42.8 Å². The molecule has 0 aliphatic carbocycles. The van der Waals surface area contributed by atoms with Gasteiger partial charge in [0.2, 0.25) is 15.9 Å². The molecule has 0 amide bonds. The highest BCUT2D eigenvalue weighted by molar-refractivity contribution is 7.89. The largest absolute Gasteiger partial charge is 0.473 e. The monoisotopic (exact) mass is 389 g/mol. The molecule has 2 aromatic heterocycles. The molecule has 0 N–H and O–H groups in total. The molecule has 1 aliphatic heterocycles. The van der Waals surface area contributed by atoms with Crippen LogP contribution >= 0.6 is 11.3 Å². The van der Waals surface area contributed by atoms with E-state index in [4.69, 9.17) is 4.74 Å². The number of aryl methyl sites for hydroxylation is 1. The molecule has 1 aromatic carbocycles. The Morgan fingerprint density at radius 3 is 2.69 bits per heavy atom. The minimum atomic E-state index is -3.46. The van der Waals surface area contributed by atoms with E-state index in [9.17, 15) is 8.42 Å². The van der Waals surface area contributed by atoms with Gasteiger partial charge in [0, 0.05) is 13.1 Å². The smallest absolute Gasteiger partial charge is 0.243 e. The van der Waals surface area contributed by atoms with Crippen LogP contribution < -0.4 is 4.74 Å². The van der Waals surface area contributed by atoms with E-state index in [1.165, 1.54) is 6.33 Å². The van der Waals surface area contributed by atoms with Crippen molar-refractivity contribution in [3.63, 3.8) is 0 Å². The van der Waals surface area contributed by atoms with Gasteiger partial charge in [0.05, 0.1) is 10.4 Å². The van der Waals surface area contributed by atoms with Crippen LogP contribution in [0, 0.1) is 6.92 Å². The Labute approximate surface area is 156 Å². The molecule has 1 aliphatic rings. The molecule has 3 aromatic rings. The molecular weight excluding hydrogens is 370 g/mol. The Kier molecular flexibility index (Phi) is 4.64. The Morgan fingerprint density at radius 1 is 1.15 bits per heavy atom. The summed E-state index contributed by atoms with van der Waals surface area (Å²) in [6.45, 7) is 2.71. The first-order valence-electron chi connectivity index (χ1n) is 8.46. The number of benzene rings is 1. The van der Waals surface area contributed by atoms with Gasteiger partial charge in [-0.25, -0.2) is 18.4 Å². The topological polar surface area (TPSA) is 72.4 Å². The first-order chi connectivity index (χ1) is 12.6. The van der Waals surface area contributed by atoms with Crippen molar-refractivity contribution in [2.45, 2.75) is 30.8 Å². The van der Waals surface area contributed by atoms with Crippen molar-refractivity contribution in [2.75, 3.05) is 13.1 Å². The summed E-state index contributed by atoms with van der Waals surface area (Å²) >= 11 is 1.55. The maximum Gasteiger partial charge on any atom is 0.243 e. The van der Waals surface area contributed by atoms with Gasteiger partial charge in [-0.2, -0.15) is 4.31 Å². The lowest BCUT2D eigenvalue weighted by molar-refractivity contribution is 0.132. The molecule has 0 radical (unpaired) electrons. The van der Waals surface area contributed by atoms with Crippen LogP contribution in [0.2, 0.25) is 0 Å². The van der Waals surface area contributed by atoms with E-state index in [-0.39, 0.29) is 6.10 Å². The number of piperidine rings is 1. The second kappa shape index (κ2) is 6.94. The summed E-state index contributed by atoms with van der Waals surface area (Å²) in [6, 6.07) is 9.04. The Morgan fingerprint density at radius 2 is 1.92 bits per heavy atom. The van der Waals surface area contributed by atoms with Crippen LogP contribution in [0.1, 0.15) is 18.4 Å². The average molecular weight is 390 g/mol. The third kappa shape index (κ3) is 3.20. The number of fused-ring (bicyclic) bond motifs is 1. The maximum atomic E-state index is 12.9. The van der Waals surface area contributed by atoms with Crippen LogP contribution in [-0.2, 0) is 10.0 Å². The first-order valence-corrected chi connectivity index (χ1v) is 10.8. The van der Waals surface area contributed by atoms with Gasteiger partial charge in [-0.1, -0.05) is 18.2 Å². The van der Waals surface area contributed by atoms with Gasteiger partial charge in [0.15, 0.2) is 0 Å². The standard InChI is InChI=1S/C18H19N3O3S2/c1-13-4-2-3-5-16(13)26(22,23)21-9-6-14(7-10-21)24-18-17-15(8-11-25-17)19-12-20-18/h2-5,8,11-12,14H,6-7,9-10H2,1H3. The van der Waals surface area contributed by atoms with E-state index in [1.807, 2.05) is 30.5 Å². The minimum Gasteiger partial charge on any atom is -0.473 e. The normalized spacial score (nSPS) is 16.8. The van der Waals surface area contributed by atoms with Gasteiger partial charge in [-0.3, -0.25) is 0 Å². The molecule has 26 heavy (non-hydrogen) atoms. The van der Waals surface area contributed by atoms with E-state index >= 15 is 0 Å². The fraction of sp³-hybridized carbons (Fsp3) is 0.333. The number of hydrogen-bond acceptors (Lipinski definition) is 6. The molecule has 3 heterocycles. The summed E-state index contributed by atoms with van der Waals surface area (Å²) in [5.74, 6) is 0.588. The zero-order valence-electron chi connectivity index (χ0n) is 14.3. The molecule has 0 spiro atoms. The van der Waals surface area contributed by atoms with Crippen LogP contribution in [0.15, 0.2) is 46.9 Å². The van der Waals surface area contributed by atoms with Crippen LogP contribution in [0.4, 0.5) is 0 Å². The number of ether oxygens (including phenoxy) is 1. The molecule has 0 atom stereocenters. The van der Waals surface area contributed by atoms with Crippen molar-refractivity contribution in [2.24, 2.45) is 0 Å². The summed E-state index contributed by atoms with van der Waals surface area (Å²) in [4.78, 5) is 8.84. The van der Waals surface area contributed by atoms with Crippen molar-refractivity contribution in [1.29, 1.82) is 0 Å². The van der Waals surface area contributed by atoms with Gasteiger partial charge >= 0.3 is 0 Å². The number of thiophene rings is 1. The molecule has 136 valence electrons. The van der Waals surface area contributed by atoms with Gasteiger partial charge < -0.3 is 4.74 Å². The molecule has 0 bridgehead atoms. The average Bonchev–Trinajstić information content (AvgIpc) is 3.12. The van der Waals surface area contributed by atoms with Crippen molar-refractivity contribution in [1.82, 2.24) is 14.3 Å². The van der Waals surface area contributed by atoms with Crippen molar-refractivity contribution in [3.05, 3.63) is 47.6 Å². The molecule has 8 heteroatoms. The van der Waals surface area contributed by atoms with E-state index in [0.29, 0.717) is 36.7 Å². The summed E-state index contributed by atoms with van der Waals surface area (Å²) in [5.41, 5.74) is 1.64. The van der Waals surface area contributed by atoms with Crippen molar-refractivity contribution < 1.29 is 13.2 Å². The lowest BCUT2D eigenvalue weighted by Crippen LogP contribution is -2.42. The minimum absolute atomic E-state index is 0.0430. The van der Waals surface area contributed by atoms with Gasteiger partial charge in [0.1, 0.15) is 17.1 Å². The van der Waals surface area contributed by atoms with E-state index in [0.717, 1.165) is 15.8 Å². The molecule has 0 saturated carbocycles. The SMILES string of the molecule is Cc1ccccc1S(=O)(=O)N1CCC(Oc2ncnc3ccsc23)CC1. The zero-order valence-corrected chi connectivity index (χ0v) is 16.0. The number of hydrogen-bond donors (Lipinski definition) is 0. The van der Waals surface area contributed by atoms with Crippen LogP contribution in [0.3, 0.4) is 0 Å². The number of aromatic nitrogens is 2. The second-order valence-electron chi connectivity index (χ2n) is 6.30. The fourth-order valence-corrected chi connectivity index (χ4v) is 5.65. The highest BCUT2D eigenvalue weighted by Crippen LogP contribution is 2.30. The Bertz CT molecular complexity index is 1020. The number of rotatable bonds is 4. The summed E-state index contributed by atoms with van der Waals surface area (Å²) in [5, 5.41) is 1.96. The third-order valence-corrected chi connectivity index (χ3v) is 7.55. The zero-order chi connectivity index (χ0) is 18.1. The summed E-state index contributed by atoms with van der Waals surface area (Å²) in [7, 11) is -3.46. The Hall–Kier alpha value is -2.03. The molecular formula is C18H19N3O3S2. The highest BCUT2D eigenvalue weighted by Gasteiger charge is 2.31. The van der Waals surface area contributed by atoms with Gasteiger partial charge in [0.25, 0.3) is 0 Å². The second-order valence-corrected chi connectivity index (χ2v) is 9.12. The molecule has 0 unspecified atom stereocenters. The maximum absolute atomic E-state index is 12.9. The molecule has 1 fully saturated rings. The van der Waals surface area contributed by atoms with E-state index in [1.54, 1.807) is 27.8 Å². The van der Waals surface area contributed by atoms with Crippen LogP contribution in [-0.4, -0.2) is 41.9 Å². The third-order valence-electron chi connectivity index (χ3n) is 4.60. The van der Waals surface area contributed by atoms with Crippen LogP contribution in [0.25, 0.3) is 10.2 Å². The predicted octanol–water partition coefficient (Wildman–Crippen LogP) is 3.23. The quantitative estimate of drug-likeness (QED) is 0.685. The van der Waals surface area contributed by atoms with E-state index in [2.05, 4.69) is 9.97 Å². The highest BCUT2D eigenvalue weighted by atomic mass is 32.2. The number of sulfonamides is 1. The summed E-state index contributed by atoms with van der Waals surface area (Å²) < 4.78 is 34.3. The Balaban J connectivity index is 1.46. The summed E-state index contributed by atoms with van der Waals surface area (Å²) in [6.07, 6.45) is 2.74.